The molecule has 0 aliphatic carbocycles. The van der Waals surface area contributed by atoms with Crippen molar-refractivity contribution < 1.29 is 27.8 Å². The predicted molar refractivity (Wildman–Crippen MR) is 178 cm³/mol. The van der Waals surface area contributed by atoms with Crippen molar-refractivity contribution in [2.45, 2.75) is 52.7 Å². The first kappa shape index (κ1) is 33.6. The summed E-state index contributed by atoms with van der Waals surface area (Å²) >= 11 is 7.62. The van der Waals surface area contributed by atoms with Crippen molar-refractivity contribution in [1.29, 1.82) is 5.26 Å². The van der Waals surface area contributed by atoms with Crippen LogP contribution in [0.15, 0.2) is 18.2 Å². The van der Waals surface area contributed by atoms with E-state index in [1.807, 2.05) is 4.90 Å². The minimum atomic E-state index is -0.857. The number of aromatic nitrogens is 2. The van der Waals surface area contributed by atoms with Gasteiger partial charge in [-0.3, -0.25) is 5.32 Å². The van der Waals surface area contributed by atoms with Gasteiger partial charge in [0.2, 0.25) is 0 Å². The van der Waals surface area contributed by atoms with Crippen molar-refractivity contribution in [3.8, 4) is 29.5 Å². The van der Waals surface area contributed by atoms with Crippen LogP contribution in [0.5, 0.6) is 0 Å². The van der Waals surface area contributed by atoms with Gasteiger partial charge in [0.05, 0.1) is 20.9 Å². The summed E-state index contributed by atoms with van der Waals surface area (Å²) in [4.78, 5) is 37.1. The maximum Gasteiger partial charge on any atom is 0.413 e. The summed E-state index contributed by atoms with van der Waals surface area (Å²) in [5, 5.41) is 12.8. The molecule has 2 amide bonds. The fourth-order valence-corrected chi connectivity index (χ4v) is 6.34. The Morgan fingerprint density at radius 2 is 1.70 bits per heavy atom. The second-order valence-electron chi connectivity index (χ2n) is 12.8. The van der Waals surface area contributed by atoms with E-state index in [-0.39, 0.29) is 66.7 Å². The first-order valence-electron chi connectivity index (χ1n) is 14.6. The highest BCUT2D eigenvalue weighted by atomic mass is 35.5. The zero-order chi connectivity index (χ0) is 34.4. The Kier molecular flexibility index (Phi) is 8.93. The van der Waals surface area contributed by atoms with Crippen LogP contribution >= 0.6 is 22.9 Å². The van der Waals surface area contributed by atoms with Crippen LogP contribution < -0.4 is 10.2 Å². The molecule has 0 radical (unpaired) electrons. The number of halogens is 3. The number of carbonyl (C=O) groups excluding carboxylic acids is 2. The smallest absolute Gasteiger partial charge is 0.413 e. The molecule has 4 aromatic rings. The van der Waals surface area contributed by atoms with Crippen molar-refractivity contribution in [1.82, 2.24) is 14.9 Å². The number of piperazine rings is 1. The molecule has 47 heavy (non-hydrogen) atoms. The lowest BCUT2D eigenvalue weighted by atomic mass is 9.98. The van der Waals surface area contributed by atoms with Gasteiger partial charge in [-0.2, -0.15) is 5.26 Å². The number of nitriles is 1. The fourth-order valence-electron chi connectivity index (χ4n) is 5.16. The highest BCUT2D eigenvalue weighted by molar-refractivity contribution is 7.22. The molecular formula is C33H31ClF2N6O4S. The number of benzene rings is 2. The molecule has 3 heterocycles. The van der Waals surface area contributed by atoms with Crippen LogP contribution in [0.3, 0.4) is 0 Å². The number of hydrogen-bond donors (Lipinski definition) is 1. The average Bonchev–Trinajstić information content (AvgIpc) is 3.40. The van der Waals surface area contributed by atoms with Gasteiger partial charge in [0.1, 0.15) is 39.9 Å². The van der Waals surface area contributed by atoms with Gasteiger partial charge in [0.15, 0.2) is 10.9 Å². The lowest BCUT2D eigenvalue weighted by Gasteiger charge is -2.37. The van der Waals surface area contributed by atoms with Gasteiger partial charge in [-0.1, -0.05) is 22.9 Å². The topological polar surface area (TPSA) is 121 Å². The van der Waals surface area contributed by atoms with Crippen LogP contribution in [0.25, 0.3) is 32.2 Å². The van der Waals surface area contributed by atoms with E-state index in [1.165, 1.54) is 12.1 Å². The summed E-state index contributed by atoms with van der Waals surface area (Å²) in [6.45, 7) is 11.6. The highest BCUT2D eigenvalue weighted by Gasteiger charge is 2.31. The number of terminal acetylenes is 1. The van der Waals surface area contributed by atoms with E-state index in [0.717, 1.165) is 17.4 Å². The van der Waals surface area contributed by atoms with Crippen molar-refractivity contribution in [3.05, 3.63) is 46.1 Å². The Balaban J connectivity index is 1.60. The lowest BCUT2D eigenvalue weighted by molar-refractivity contribution is 0.0240. The number of thiazole rings is 1. The Hall–Kier alpha value is -4.72. The summed E-state index contributed by atoms with van der Waals surface area (Å²) in [6.07, 6.45) is 4.50. The van der Waals surface area contributed by atoms with E-state index in [0.29, 0.717) is 18.8 Å². The number of hydrogen-bond acceptors (Lipinski definition) is 9. The van der Waals surface area contributed by atoms with Gasteiger partial charge in [0.25, 0.3) is 0 Å². The molecule has 0 saturated carbocycles. The zero-order valence-corrected chi connectivity index (χ0v) is 28.1. The molecular weight excluding hydrogens is 650 g/mol. The molecule has 14 heteroatoms. The number of nitrogens with zero attached hydrogens (tertiary/aromatic N) is 5. The first-order chi connectivity index (χ1) is 22.0. The van der Waals surface area contributed by atoms with Crippen molar-refractivity contribution in [3.63, 3.8) is 0 Å². The number of rotatable bonds is 3. The largest absolute Gasteiger partial charge is 0.444 e. The Labute approximate surface area is 279 Å². The van der Waals surface area contributed by atoms with Gasteiger partial charge < -0.3 is 19.3 Å². The number of pyridine rings is 1. The van der Waals surface area contributed by atoms with Crippen LogP contribution in [0.1, 0.15) is 52.8 Å². The third-order valence-electron chi connectivity index (χ3n) is 7.01. The van der Waals surface area contributed by atoms with Gasteiger partial charge >= 0.3 is 12.2 Å². The molecule has 5 rings (SSSR count). The molecule has 2 aromatic heterocycles. The molecule has 244 valence electrons. The first-order valence-corrected chi connectivity index (χ1v) is 15.8. The van der Waals surface area contributed by atoms with Crippen LogP contribution in [-0.2, 0) is 9.47 Å². The molecule has 1 fully saturated rings. The van der Waals surface area contributed by atoms with E-state index in [1.54, 1.807) is 46.4 Å². The summed E-state index contributed by atoms with van der Waals surface area (Å²) in [7, 11) is 0. The SMILES string of the molecule is C#Cc1nc2c(F)c(-c3ccc(F)c4sc(NC(=O)OC(C)(C)C)nc34)c(Cl)cc2c(N2CCN(C(=O)OC(C)(C)C)CC2)c1C#N. The zero-order valence-electron chi connectivity index (χ0n) is 26.5. The normalized spacial score (nSPS) is 13.8. The molecule has 0 atom stereocenters. The molecule has 0 spiro atoms. The standard InChI is InChI=1S/C33H31ClF2N6O4S/c1-8-22-19(16-37)27(41-11-13-42(14-12-41)31(44)46-33(5,6)7)18-15-20(34)23(24(36)25(18)38-22)17-9-10-21(35)28-26(17)39-29(47-28)40-30(43)45-32(2,3)4/h1,9-10,15H,11-14H2,2-7H3,(H,39,40,43). The maximum atomic E-state index is 16.7. The minimum Gasteiger partial charge on any atom is -0.444 e. The second kappa shape index (κ2) is 12.5. The van der Waals surface area contributed by atoms with Crippen molar-refractivity contribution in [2.24, 2.45) is 0 Å². The van der Waals surface area contributed by atoms with Gasteiger partial charge in [-0.15, -0.1) is 6.42 Å². The number of nitrogens with one attached hydrogen (secondary N) is 1. The Morgan fingerprint density at radius 1 is 1.04 bits per heavy atom. The van der Waals surface area contributed by atoms with Crippen LogP contribution in [0, 0.1) is 35.3 Å². The highest BCUT2D eigenvalue weighted by Crippen LogP contribution is 2.44. The number of anilines is 2. The quantitative estimate of drug-likeness (QED) is 0.219. The van der Waals surface area contributed by atoms with Gasteiger partial charge in [-0.05, 0) is 65.7 Å². The van der Waals surface area contributed by atoms with E-state index >= 15 is 4.39 Å². The van der Waals surface area contributed by atoms with E-state index in [2.05, 4.69) is 27.3 Å². The predicted octanol–water partition coefficient (Wildman–Crippen LogP) is 7.70. The maximum absolute atomic E-state index is 16.7. The van der Waals surface area contributed by atoms with Gasteiger partial charge in [0, 0.05) is 42.7 Å². The van der Waals surface area contributed by atoms with Crippen molar-refractivity contribution >= 4 is 67.1 Å². The molecule has 1 N–H and O–H groups in total. The van der Waals surface area contributed by atoms with Crippen LogP contribution in [0.2, 0.25) is 5.02 Å². The van der Waals surface area contributed by atoms with Crippen molar-refractivity contribution in [2.75, 3.05) is 36.4 Å². The summed E-state index contributed by atoms with van der Waals surface area (Å²) < 4.78 is 42.5. The van der Waals surface area contributed by atoms with E-state index in [4.69, 9.17) is 27.5 Å². The lowest BCUT2D eigenvalue weighted by Crippen LogP contribution is -2.50. The second-order valence-corrected chi connectivity index (χ2v) is 14.2. The summed E-state index contributed by atoms with van der Waals surface area (Å²) in [5.41, 5.74) is -1.16. The summed E-state index contributed by atoms with van der Waals surface area (Å²) in [6, 6.07) is 6.09. The molecule has 1 aliphatic rings. The number of ether oxygens (including phenoxy) is 2. The Morgan fingerprint density at radius 3 is 2.30 bits per heavy atom. The molecule has 0 bridgehead atoms. The molecule has 1 saturated heterocycles. The fraction of sp³-hybridized carbons (Fsp3) is 0.364. The monoisotopic (exact) mass is 680 g/mol. The molecule has 0 unspecified atom stereocenters. The Bertz CT molecular complexity index is 2020. The third-order valence-corrected chi connectivity index (χ3v) is 8.29. The summed E-state index contributed by atoms with van der Waals surface area (Å²) in [5.74, 6) is 0.903. The van der Waals surface area contributed by atoms with Crippen LogP contribution in [-0.4, -0.2) is 64.4 Å². The molecule has 2 aromatic carbocycles. The van der Waals surface area contributed by atoms with E-state index < -0.39 is 35.0 Å². The minimum absolute atomic E-state index is 0.0390. The number of carbonyl (C=O) groups is 2. The third kappa shape index (κ3) is 6.87. The molecule has 10 nitrogen and oxygen atoms in total. The van der Waals surface area contributed by atoms with Gasteiger partial charge in [-0.25, -0.2) is 28.3 Å². The number of amides is 2. The van der Waals surface area contributed by atoms with E-state index in [9.17, 15) is 19.2 Å². The average molecular weight is 681 g/mol. The molecule has 1 aliphatic heterocycles. The number of fused-ring (bicyclic) bond motifs is 2. The van der Waals surface area contributed by atoms with Crippen LogP contribution in [0.4, 0.5) is 29.2 Å².